The highest BCUT2D eigenvalue weighted by Crippen LogP contribution is 2.48. The quantitative estimate of drug-likeness (QED) is 0.782. The molecule has 0 aromatic heterocycles. The van der Waals surface area contributed by atoms with Crippen LogP contribution in [0.1, 0.15) is 68.6 Å². The van der Waals surface area contributed by atoms with Crippen LogP contribution >= 0.6 is 12.4 Å². The largest absolute Gasteiger partial charge is 0.504 e. The lowest BCUT2D eigenvalue weighted by Gasteiger charge is -2.44. The summed E-state index contributed by atoms with van der Waals surface area (Å²) in [6.07, 6.45) is 7.86. The van der Waals surface area contributed by atoms with Crippen LogP contribution in [0.2, 0.25) is 0 Å². The SMILES string of the molecule is CCCN(CCC)C1CCc2cc(O)c(O)c3c2C1CCC3.Cl. The molecule has 3 nitrogen and oxygen atoms in total. The summed E-state index contributed by atoms with van der Waals surface area (Å²) in [5.74, 6) is 0.755. The van der Waals surface area contributed by atoms with Gasteiger partial charge in [-0.05, 0) is 75.2 Å². The maximum atomic E-state index is 10.3. The first kappa shape index (κ1) is 18.4. The average molecular weight is 340 g/mol. The lowest BCUT2D eigenvalue weighted by Crippen LogP contribution is -2.44. The molecule has 130 valence electrons. The van der Waals surface area contributed by atoms with Gasteiger partial charge in [-0.2, -0.15) is 0 Å². The van der Waals surface area contributed by atoms with Gasteiger partial charge in [0.25, 0.3) is 0 Å². The van der Waals surface area contributed by atoms with Gasteiger partial charge in [-0.3, -0.25) is 4.90 Å². The van der Waals surface area contributed by atoms with Crippen LogP contribution in [-0.4, -0.2) is 34.2 Å². The van der Waals surface area contributed by atoms with E-state index >= 15 is 0 Å². The molecule has 2 N–H and O–H groups in total. The summed E-state index contributed by atoms with van der Waals surface area (Å²) in [4.78, 5) is 2.67. The van der Waals surface area contributed by atoms with Crippen LogP contribution in [0, 0.1) is 0 Å². The second-order valence-electron chi connectivity index (χ2n) is 6.94. The Kier molecular flexibility index (Phi) is 6.21. The van der Waals surface area contributed by atoms with E-state index < -0.39 is 0 Å². The normalized spacial score (nSPS) is 22.6. The summed E-state index contributed by atoms with van der Waals surface area (Å²) in [5, 5.41) is 20.3. The van der Waals surface area contributed by atoms with Gasteiger partial charge in [0.1, 0.15) is 0 Å². The van der Waals surface area contributed by atoms with Gasteiger partial charge in [-0.15, -0.1) is 12.4 Å². The molecule has 0 saturated heterocycles. The number of phenols is 2. The highest BCUT2D eigenvalue weighted by atomic mass is 35.5. The summed E-state index contributed by atoms with van der Waals surface area (Å²) in [6, 6.07) is 2.42. The van der Waals surface area contributed by atoms with Crippen LogP contribution in [0.25, 0.3) is 0 Å². The fourth-order valence-electron chi connectivity index (χ4n) is 4.70. The van der Waals surface area contributed by atoms with E-state index in [9.17, 15) is 10.2 Å². The smallest absolute Gasteiger partial charge is 0.160 e. The molecule has 3 rings (SSSR count). The number of aryl methyl sites for hydroxylation is 1. The number of hydrogen-bond acceptors (Lipinski definition) is 3. The minimum atomic E-state index is 0. The molecule has 23 heavy (non-hydrogen) atoms. The van der Waals surface area contributed by atoms with Crippen LogP contribution in [0.4, 0.5) is 0 Å². The highest BCUT2D eigenvalue weighted by Gasteiger charge is 2.37. The van der Waals surface area contributed by atoms with Crippen LogP contribution < -0.4 is 0 Å². The van der Waals surface area contributed by atoms with Crippen molar-refractivity contribution in [1.29, 1.82) is 0 Å². The van der Waals surface area contributed by atoms with Gasteiger partial charge in [0.2, 0.25) is 0 Å². The first-order valence-electron chi connectivity index (χ1n) is 8.98. The summed E-state index contributed by atoms with van der Waals surface area (Å²) in [7, 11) is 0. The Morgan fingerprint density at radius 2 is 1.78 bits per heavy atom. The summed E-state index contributed by atoms with van der Waals surface area (Å²) < 4.78 is 0. The van der Waals surface area contributed by atoms with E-state index in [1.54, 1.807) is 0 Å². The first-order chi connectivity index (χ1) is 10.7. The van der Waals surface area contributed by atoms with Gasteiger partial charge >= 0.3 is 0 Å². The van der Waals surface area contributed by atoms with Crippen LogP contribution in [0.3, 0.4) is 0 Å². The molecule has 0 bridgehead atoms. The molecule has 2 unspecified atom stereocenters. The summed E-state index contributed by atoms with van der Waals surface area (Å²) >= 11 is 0. The molecule has 2 atom stereocenters. The lowest BCUT2D eigenvalue weighted by atomic mass is 9.70. The van der Waals surface area contributed by atoms with Gasteiger partial charge in [0.15, 0.2) is 11.5 Å². The van der Waals surface area contributed by atoms with Crippen molar-refractivity contribution in [3.63, 3.8) is 0 Å². The van der Waals surface area contributed by atoms with Gasteiger partial charge in [-0.1, -0.05) is 13.8 Å². The highest BCUT2D eigenvalue weighted by molar-refractivity contribution is 5.85. The second kappa shape index (κ2) is 7.76. The number of halogens is 1. The monoisotopic (exact) mass is 339 g/mol. The van der Waals surface area contributed by atoms with Crippen molar-refractivity contribution < 1.29 is 10.2 Å². The van der Waals surface area contributed by atoms with E-state index in [4.69, 9.17) is 0 Å². The van der Waals surface area contributed by atoms with Crippen LogP contribution in [0.5, 0.6) is 11.5 Å². The Bertz CT molecular complexity index is 541. The molecular weight excluding hydrogens is 310 g/mol. The van der Waals surface area contributed by atoms with Crippen LogP contribution in [-0.2, 0) is 12.8 Å². The van der Waals surface area contributed by atoms with Crippen molar-refractivity contribution in [2.75, 3.05) is 13.1 Å². The molecule has 2 aliphatic carbocycles. The molecule has 2 aliphatic rings. The zero-order chi connectivity index (χ0) is 15.7. The third-order valence-corrected chi connectivity index (χ3v) is 5.49. The maximum Gasteiger partial charge on any atom is 0.160 e. The number of aromatic hydroxyl groups is 2. The zero-order valence-electron chi connectivity index (χ0n) is 14.3. The second-order valence-corrected chi connectivity index (χ2v) is 6.94. The third-order valence-electron chi connectivity index (χ3n) is 5.49. The van der Waals surface area contributed by atoms with E-state index in [0.717, 1.165) is 24.8 Å². The molecule has 0 saturated carbocycles. The van der Waals surface area contributed by atoms with Gasteiger partial charge in [0.05, 0.1) is 0 Å². The Hall–Kier alpha value is -0.930. The third kappa shape index (κ3) is 3.32. The van der Waals surface area contributed by atoms with Gasteiger partial charge in [-0.25, -0.2) is 0 Å². The molecule has 0 heterocycles. The summed E-state index contributed by atoms with van der Waals surface area (Å²) in [6.45, 7) is 6.86. The van der Waals surface area contributed by atoms with Crippen molar-refractivity contribution in [2.45, 2.75) is 70.8 Å². The van der Waals surface area contributed by atoms with E-state index in [-0.39, 0.29) is 23.9 Å². The maximum absolute atomic E-state index is 10.3. The Labute approximate surface area is 146 Å². The van der Waals surface area contributed by atoms with Crippen molar-refractivity contribution in [3.8, 4) is 11.5 Å². The Balaban J connectivity index is 0.00000192. The van der Waals surface area contributed by atoms with Crippen molar-refractivity contribution in [2.24, 2.45) is 0 Å². The van der Waals surface area contributed by atoms with E-state index in [0.29, 0.717) is 12.0 Å². The fourth-order valence-corrected chi connectivity index (χ4v) is 4.70. The first-order valence-corrected chi connectivity index (χ1v) is 8.98. The Morgan fingerprint density at radius 1 is 1.09 bits per heavy atom. The fraction of sp³-hybridized carbons (Fsp3) is 0.684. The van der Waals surface area contributed by atoms with Crippen molar-refractivity contribution in [1.82, 2.24) is 4.90 Å². The number of hydrogen-bond donors (Lipinski definition) is 2. The standard InChI is InChI=1S/C19H29NO2.ClH/c1-3-10-20(11-4-2)16-9-8-13-12-17(21)19(22)15-7-5-6-14(16)18(13)15;/h12,14,16,21-22H,3-11H2,1-2H3;1H. The molecule has 1 aromatic carbocycles. The van der Waals surface area contributed by atoms with Crippen molar-refractivity contribution >= 4 is 12.4 Å². The molecule has 0 fully saturated rings. The lowest BCUT2D eigenvalue weighted by molar-refractivity contribution is 0.145. The molecular formula is C19H30ClNO2. The average Bonchev–Trinajstić information content (AvgIpc) is 2.52. The topological polar surface area (TPSA) is 43.7 Å². The van der Waals surface area contributed by atoms with E-state index in [1.165, 1.54) is 49.9 Å². The van der Waals surface area contributed by atoms with Gasteiger partial charge < -0.3 is 10.2 Å². The molecule has 0 radical (unpaired) electrons. The number of nitrogens with zero attached hydrogens (tertiary/aromatic N) is 1. The predicted molar refractivity (Wildman–Crippen MR) is 97.0 cm³/mol. The van der Waals surface area contributed by atoms with Crippen LogP contribution in [0.15, 0.2) is 6.07 Å². The van der Waals surface area contributed by atoms with Crippen molar-refractivity contribution in [3.05, 3.63) is 22.8 Å². The van der Waals surface area contributed by atoms with E-state index in [2.05, 4.69) is 18.7 Å². The molecule has 0 amide bonds. The van der Waals surface area contributed by atoms with E-state index in [1.807, 2.05) is 6.07 Å². The minimum absolute atomic E-state index is 0. The molecule has 0 spiro atoms. The zero-order valence-corrected chi connectivity index (χ0v) is 15.2. The number of rotatable bonds is 5. The Morgan fingerprint density at radius 3 is 2.43 bits per heavy atom. The molecule has 4 heteroatoms. The number of benzene rings is 1. The molecule has 1 aromatic rings. The molecule has 0 aliphatic heterocycles. The van der Waals surface area contributed by atoms with Gasteiger partial charge in [0, 0.05) is 17.5 Å². The summed E-state index contributed by atoms with van der Waals surface area (Å²) in [5.41, 5.74) is 3.68. The number of phenolic OH excluding ortho intramolecular Hbond substituents is 2. The predicted octanol–water partition coefficient (Wildman–Crippen LogP) is 4.38. The minimum Gasteiger partial charge on any atom is -0.504 e.